The largest absolute Gasteiger partial charge is 0.494 e. The van der Waals surface area contributed by atoms with Gasteiger partial charge in [0.1, 0.15) is 0 Å². The van der Waals surface area contributed by atoms with Crippen LogP contribution in [0.1, 0.15) is 36.8 Å². The molecule has 0 aromatic heterocycles. The van der Waals surface area contributed by atoms with Gasteiger partial charge in [-0.25, -0.2) is 8.42 Å². The van der Waals surface area contributed by atoms with Crippen LogP contribution >= 0.6 is 23.2 Å². The molecule has 1 spiro atoms. The Bertz CT molecular complexity index is 1030. The molecule has 142 valence electrons. The van der Waals surface area contributed by atoms with Crippen LogP contribution < -0.4 is 4.74 Å². The second-order valence-electron chi connectivity index (χ2n) is 7.40. The highest BCUT2D eigenvalue weighted by molar-refractivity contribution is 7.90. The summed E-state index contributed by atoms with van der Waals surface area (Å²) in [6, 6.07) is 11.0. The first-order valence-corrected chi connectivity index (χ1v) is 11.5. The zero-order chi connectivity index (χ0) is 19.4. The molecule has 0 atom stereocenters. The summed E-state index contributed by atoms with van der Waals surface area (Å²) < 4.78 is 28.8. The average Bonchev–Trinajstić information content (AvgIpc) is 3.27. The van der Waals surface area contributed by atoms with Gasteiger partial charge in [0, 0.05) is 6.26 Å². The van der Waals surface area contributed by atoms with Gasteiger partial charge < -0.3 is 4.74 Å². The predicted octanol–water partition coefficient (Wildman–Crippen LogP) is 5.89. The first kappa shape index (κ1) is 18.9. The number of rotatable bonds is 4. The van der Waals surface area contributed by atoms with Crippen molar-refractivity contribution in [3.63, 3.8) is 0 Å². The fourth-order valence-corrected chi connectivity index (χ4v) is 5.42. The number of ether oxygens (including phenoxy) is 1. The molecule has 4 rings (SSSR count). The first-order valence-electron chi connectivity index (χ1n) is 8.83. The molecule has 2 aliphatic carbocycles. The summed E-state index contributed by atoms with van der Waals surface area (Å²) in [6.07, 6.45) is 5.62. The van der Waals surface area contributed by atoms with Crippen molar-refractivity contribution in [3.05, 3.63) is 57.6 Å². The van der Waals surface area contributed by atoms with Crippen molar-refractivity contribution in [2.75, 3.05) is 13.4 Å². The molecule has 2 aromatic rings. The van der Waals surface area contributed by atoms with Crippen LogP contribution in [-0.4, -0.2) is 21.8 Å². The molecule has 0 aliphatic heterocycles. The van der Waals surface area contributed by atoms with E-state index in [1.165, 1.54) is 17.4 Å². The molecule has 0 heterocycles. The number of hydrogen-bond acceptors (Lipinski definition) is 3. The SMILES string of the molecule is COc1c(Cl)cc(C2=C(c3ccc(S(C)(=O)=O)cc3)C3(CC2)CC3)cc1Cl. The van der Waals surface area contributed by atoms with Gasteiger partial charge in [-0.15, -0.1) is 0 Å². The van der Waals surface area contributed by atoms with Crippen molar-refractivity contribution in [3.8, 4) is 5.75 Å². The molecule has 0 bridgehead atoms. The minimum Gasteiger partial charge on any atom is -0.494 e. The van der Waals surface area contributed by atoms with E-state index < -0.39 is 9.84 Å². The summed E-state index contributed by atoms with van der Waals surface area (Å²) in [4.78, 5) is 0.340. The van der Waals surface area contributed by atoms with E-state index in [1.54, 1.807) is 19.2 Å². The molecule has 0 amide bonds. The Hall–Kier alpha value is -1.49. The maximum atomic E-state index is 11.8. The summed E-state index contributed by atoms with van der Waals surface area (Å²) >= 11 is 12.7. The third-order valence-electron chi connectivity index (χ3n) is 5.66. The number of allylic oxidation sites excluding steroid dienone is 2. The van der Waals surface area contributed by atoms with E-state index in [9.17, 15) is 8.42 Å². The highest BCUT2D eigenvalue weighted by Gasteiger charge is 2.50. The quantitative estimate of drug-likeness (QED) is 0.616. The van der Waals surface area contributed by atoms with Gasteiger partial charge in [-0.3, -0.25) is 0 Å². The van der Waals surface area contributed by atoms with Gasteiger partial charge in [0.25, 0.3) is 0 Å². The lowest BCUT2D eigenvalue weighted by Crippen LogP contribution is -2.01. The molecule has 2 aromatic carbocycles. The topological polar surface area (TPSA) is 43.4 Å². The zero-order valence-corrected chi connectivity index (χ0v) is 17.5. The fraction of sp³-hybridized carbons (Fsp3) is 0.333. The molecule has 0 unspecified atom stereocenters. The fourth-order valence-electron chi connectivity index (χ4n) is 4.15. The smallest absolute Gasteiger partial charge is 0.175 e. The Labute approximate surface area is 169 Å². The van der Waals surface area contributed by atoms with Crippen LogP contribution in [0.25, 0.3) is 11.1 Å². The summed E-state index contributed by atoms with van der Waals surface area (Å²) in [6.45, 7) is 0. The van der Waals surface area contributed by atoms with Crippen molar-refractivity contribution in [1.82, 2.24) is 0 Å². The standard InChI is InChI=1S/C21H20Cl2O3S/c1-26-20-17(22)11-14(12-18(20)23)16-7-8-21(9-10-21)19(16)13-3-5-15(6-4-13)27(2,24)25/h3-6,11-12H,7-10H2,1-2H3. The van der Waals surface area contributed by atoms with E-state index >= 15 is 0 Å². The van der Waals surface area contributed by atoms with Gasteiger partial charge in [-0.1, -0.05) is 35.3 Å². The molecule has 0 radical (unpaired) electrons. The molecular weight excluding hydrogens is 403 g/mol. The van der Waals surface area contributed by atoms with Crippen molar-refractivity contribution in [2.24, 2.45) is 5.41 Å². The molecule has 1 fully saturated rings. The van der Waals surface area contributed by atoms with Crippen molar-refractivity contribution in [2.45, 2.75) is 30.6 Å². The van der Waals surface area contributed by atoms with Gasteiger partial charge in [-0.2, -0.15) is 0 Å². The molecule has 3 nitrogen and oxygen atoms in total. The van der Waals surface area contributed by atoms with Gasteiger partial charge in [0.05, 0.1) is 22.1 Å². The van der Waals surface area contributed by atoms with Crippen LogP contribution in [0.2, 0.25) is 10.0 Å². The van der Waals surface area contributed by atoms with Crippen LogP contribution in [0.3, 0.4) is 0 Å². The summed E-state index contributed by atoms with van der Waals surface area (Å²) in [5.74, 6) is 0.487. The number of halogens is 2. The van der Waals surface area contributed by atoms with Gasteiger partial charge in [-0.05, 0) is 77.6 Å². The third kappa shape index (κ3) is 3.28. The normalized spacial score (nSPS) is 18.2. The number of sulfone groups is 1. The van der Waals surface area contributed by atoms with E-state index in [1.807, 2.05) is 24.3 Å². The van der Waals surface area contributed by atoms with Crippen LogP contribution in [-0.2, 0) is 9.84 Å². The van der Waals surface area contributed by atoms with Crippen molar-refractivity contribution >= 4 is 44.2 Å². The predicted molar refractivity (Wildman–Crippen MR) is 110 cm³/mol. The maximum absolute atomic E-state index is 11.8. The molecule has 27 heavy (non-hydrogen) atoms. The lowest BCUT2D eigenvalue weighted by molar-refractivity contribution is 0.415. The van der Waals surface area contributed by atoms with Crippen LogP contribution in [0.15, 0.2) is 41.3 Å². The monoisotopic (exact) mass is 422 g/mol. The van der Waals surface area contributed by atoms with E-state index in [0.717, 1.165) is 36.8 Å². The molecule has 0 saturated heterocycles. The lowest BCUT2D eigenvalue weighted by atomic mass is 9.89. The van der Waals surface area contributed by atoms with Gasteiger partial charge >= 0.3 is 0 Å². The summed E-state index contributed by atoms with van der Waals surface area (Å²) in [5, 5.41) is 0.993. The Morgan fingerprint density at radius 1 is 0.963 bits per heavy atom. The number of methoxy groups -OCH3 is 1. The van der Waals surface area contributed by atoms with Crippen molar-refractivity contribution in [1.29, 1.82) is 0 Å². The molecule has 6 heteroatoms. The summed E-state index contributed by atoms with van der Waals surface area (Å²) in [5.41, 5.74) is 4.85. The third-order valence-corrected chi connectivity index (χ3v) is 7.35. The minimum absolute atomic E-state index is 0.209. The average molecular weight is 423 g/mol. The van der Waals surface area contributed by atoms with Crippen LogP contribution in [0, 0.1) is 5.41 Å². The van der Waals surface area contributed by atoms with E-state index in [4.69, 9.17) is 27.9 Å². The zero-order valence-electron chi connectivity index (χ0n) is 15.2. The van der Waals surface area contributed by atoms with E-state index in [2.05, 4.69) is 0 Å². The number of hydrogen-bond donors (Lipinski definition) is 0. The Balaban J connectivity index is 1.85. The van der Waals surface area contributed by atoms with Gasteiger partial charge in [0.15, 0.2) is 15.6 Å². The Morgan fingerprint density at radius 3 is 2.04 bits per heavy atom. The molecular formula is C21H20Cl2O3S. The Kier molecular flexibility index (Phi) is 4.57. The highest BCUT2D eigenvalue weighted by Crippen LogP contribution is 2.66. The van der Waals surface area contributed by atoms with Gasteiger partial charge in [0.2, 0.25) is 0 Å². The highest BCUT2D eigenvalue weighted by atomic mass is 35.5. The van der Waals surface area contributed by atoms with Crippen molar-refractivity contribution < 1.29 is 13.2 Å². The number of benzene rings is 2. The first-order chi connectivity index (χ1) is 12.7. The van der Waals surface area contributed by atoms with Crippen LogP contribution in [0.5, 0.6) is 5.75 Å². The lowest BCUT2D eigenvalue weighted by Gasteiger charge is -2.16. The molecule has 2 aliphatic rings. The molecule has 1 saturated carbocycles. The van der Waals surface area contributed by atoms with E-state index in [0.29, 0.717) is 20.7 Å². The maximum Gasteiger partial charge on any atom is 0.175 e. The molecule has 0 N–H and O–H groups in total. The minimum atomic E-state index is -3.21. The van der Waals surface area contributed by atoms with Crippen LogP contribution in [0.4, 0.5) is 0 Å². The second-order valence-corrected chi connectivity index (χ2v) is 10.2. The van der Waals surface area contributed by atoms with E-state index in [-0.39, 0.29) is 5.41 Å². The summed E-state index contributed by atoms with van der Waals surface area (Å²) in [7, 11) is -1.65. The Morgan fingerprint density at radius 2 is 1.56 bits per heavy atom. The second kappa shape index (κ2) is 6.54.